The number of benzene rings is 1. The number of pyridine rings is 1. The highest BCUT2D eigenvalue weighted by molar-refractivity contribution is 5.92. The zero-order valence-electron chi connectivity index (χ0n) is 12.1. The van der Waals surface area contributed by atoms with Crippen LogP contribution in [-0.4, -0.2) is 16.9 Å². The number of anilines is 2. The van der Waals surface area contributed by atoms with Crippen molar-refractivity contribution in [3.05, 3.63) is 53.9 Å². The van der Waals surface area contributed by atoms with Crippen molar-refractivity contribution in [1.82, 2.24) is 10.3 Å². The molecular formula is C17H19N3O. The number of amides is 1. The van der Waals surface area contributed by atoms with E-state index in [0.717, 1.165) is 30.6 Å². The number of carbonyl (C=O) groups excluding carboxylic acids is 1. The number of rotatable bonds is 5. The van der Waals surface area contributed by atoms with E-state index in [9.17, 15) is 4.79 Å². The van der Waals surface area contributed by atoms with Gasteiger partial charge < -0.3 is 10.6 Å². The van der Waals surface area contributed by atoms with Crippen LogP contribution in [0.15, 0.2) is 42.6 Å². The molecule has 21 heavy (non-hydrogen) atoms. The first-order valence-electron chi connectivity index (χ1n) is 7.37. The van der Waals surface area contributed by atoms with Crippen LogP contribution in [0.4, 0.5) is 11.4 Å². The van der Waals surface area contributed by atoms with Gasteiger partial charge in [-0.2, -0.15) is 0 Å². The lowest BCUT2D eigenvalue weighted by Crippen LogP contribution is -2.26. The first kappa shape index (κ1) is 13.6. The Morgan fingerprint density at radius 2 is 1.86 bits per heavy atom. The maximum atomic E-state index is 11.8. The summed E-state index contributed by atoms with van der Waals surface area (Å²) in [4.78, 5) is 16.1. The van der Waals surface area contributed by atoms with Crippen molar-refractivity contribution in [2.75, 3.05) is 5.32 Å². The predicted octanol–water partition coefficient (Wildman–Crippen LogP) is 3.28. The monoisotopic (exact) mass is 281 g/mol. The third-order valence-electron chi connectivity index (χ3n) is 3.56. The number of hydrogen-bond acceptors (Lipinski definition) is 3. The average molecular weight is 281 g/mol. The molecule has 0 radical (unpaired) electrons. The number of aryl methyl sites for hydroxylation is 1. The molecule has 3 rings (SSSR count). The summed E-state index contributed by atoms with van der Waals surface area (Å²) in [5, 5.41) is 6.21. The largest absolute Gasteiger partial charge is 0.354 e. The van der Waals surface area contributed by atoms with Gasteiger partial charge >= 0.3 is 0 Å². The third-order valence-corrected chi connectivity index (χ3v) is 3.56. The van der Waals surface area contributed by atoms with E-state index in [1.807, 2.05) is 18.2 Å². The molecule has 2 aromatic rings. The third kappa shape index (κ3) is 3.60. The molecule has 1 aromatic carbocycles. The molecule has 0 unspecified atom stereocenters. The van der Waals surface area contributed by atoms with E-state index in [0.29, 0.717) is 11.7 Å². The molecule has 1 heterocycles. The molecule has 108 valence electrons. The molecule has 1 aliphatic carbocycles. The lowest BCUT2D eigenvalue weighted by molar-refractivity contribution is 0.0946. The van der Waals surface area contributed by atoms with Crippen LogP contribution < -0.4 is 10.6 Å². The molecule has 1 amide bonds. The molecule has 1 aromatic heterocycles. The summed E-state index contributed by atoms with van der Waals surface area (Å²) >= 11 is 0. The number of carbonyl (C=O) groups is 1. The average Bonchev–Trinajstić information content (AvgIpc) is 3.33. The number of nitrogens with one attached hydrogen (secondary N) is 2. The molecule has 1 aliphatic rings. The van der Waals surface area contributed by atoms with Gasteiger partial charge in [0.2, 0.25) is 0 Å². The van der Waals surface area contributed by atoms with Crippen molar-refractivity contribution in [2.24, 2.45) is 0 Å². The minimum atomic E-state index is -0.0867. The summed E-state index contributed by atoms with van der Waals surface area (Å²) in [5.41, 5.74) is 3.67. The zero-order chi connectivity index (χ0) is 14.7. The number of nitrogens with zero attached hydrogens (tertiary/aromatic N) is 1. The first-order valence-corrected chi connectivity index (χ1v) is 7.37. The van der Waals surface area contributed by atoms with Crippen LogP contribution in [0.5, 0.6) is 0 Å². The smallest absolute Gasteiger partial charge is 0.270 e. The fraction of sp³-hybridized carbons (Fsp3) is 0.294. The minimum Gasteiger partial charge on any atom is -0.354 e. The van der Waals surface area contributed by atoms with Gasteiger partial charge in [-0.25, -0.2) is 4.98 Å². The highest BCUT2D eigenvalue weighted by atomic mass is 16.2. The second kappa shape index (κ2) is 5.95. The Morgan fingerprint density at radius 3 is 2.43 bits per heavy atom. The number of aromatic nitrogens is 1. The fourth-order valence-corrected chi connectivity index (χ4v) is 2.08. The molecular weight excluding hydrogens is 262 g/mol. The van der Waals surface area contributed by atoms with E-state index in [1.165, 1.54) is 5.56 Å². The summed E-state index contributed by atoms with van der Waals surface area (Å²) < 4.78 is 0. The zero-order valence-corrected chi connectivity index (χ0v) is 12.1. The molecule has 0 spiro atoms. The second-order valence-electron chi connectivity index (χ2n) is 5.36. The SMILES string of the molecule is CCc1ccc(Nc2ccc(C(=O)NC3CC3)nc2)cc1. The van der Waals surface area contributed by atoms with Gasteiger partial charge in [0.15, 0.2) is 0 Å². The van der Waals surface area contributed by atoms with Gasteiger partial charge in [-0.1, -0.05) is 19.1 Å². The first-order chi connectivity index (χ1) is 10.2. The van der Waals surface area contributed by atoms with Crippen LogP contribution in [0, 0.1) is 0 Å². The molecule has 0 saturated heterocycles. The van der Waals surface area contributed by atoms with Crippen molar-refractivity contribution in [2.45, 2.75) is 32.2 Å². The van der Waals surface area contributed by atoms with Crippen LogP contribution in [0.2, 0.25) is 0 Å². The van der Waals surface area contributed by atoms with Crippen molar-refractivity contribution in [3.63, 3.8) is 0 Å². The minimum absolute atomic E-state index is 0.0867. The summed E-state index contributed by atoms with van der Waals surface area (Å²) in [6, 6.07) is 12.3. The summed E-state index contributed by atoms with van der Waals surface area (Å²) in [5.74, 6) is -0.0867. The molecule has 1 fully saturated rings. The van der Waals surface area contributed by atoms with Crippen LogP contribution in [0.3, 0.4) is 0 Å². The lowest BCUT2D eigenvalue weighted by Gasteiger charge is -2.08. The van der Waals surface area contributed by atoms with Gasteiger partial charge in [0, 0.05) is 11.7 Å². The molecule has 0 bridgehead atoms. The maximum Gasteiger partial charge on any atom is 0.270 e. The van der Waals surface area contributed by atoms with E-state index in [-0.39, 0.29) is 5.91 Å². The van der Waals surface area contributed by atoms with Crippen molar-refractivity contribution < 1.29 is 4.79 Å². The number of hydrogen-bond donors (Lipinski definition) is 2. The van der Waals surface area contributed by atoms with E-state index >= 15 is 0 Å². The van der Waals surface area contributed by atoms with Gasteiger partial charge in [0.05, 0.1) is 11.9 Å². The normalized spacial score (nSPS) is 13.8. The molecule has 0 aliphatic heterocycles. The molecule has 1 saturated carbocycles. The molecule has 2 N–H and O–H groups in total. The van der Waals surface area contributed by atoms with Gasteiger partial charge in [-0.3, -0.25) is 4.79 Å². The summed E-state index contributed by atoms with van der Waals surface area (Å²) in [6.07, 6.45) is 4.89. The lowest BCUT2D eigenvalue weighted by atomic mass is 10.1. The Kier molecular flexibility index (Phi) is 3.86. The van der Waals surface area contributed by atoms with Gasteiger partial charge in [0.25, 0.3) is 5.91 Å². The maximum absolute atomic E-state index is 11.8. The fourth-order valence-electron chi connectivity index (χ4n) is 2.08. The quantitative estimate of drug-likeness (QED) is 0.884. The summed E-state index contributed by atoms with van der Waals surface area (Å²) in [6.45, 7) is 2.14. The van der Waals surface area contributed by atoms with Crippen LogP contribution in [0.25, 0.3) is 0 Å². The Bertz CT molecular complexity index is 615. The molecule has 4 nitrogen and oxygen atoms in total. The van der Waals surface area contributed by atoms with Crippen molar-refractivity contribution in [3.8, 4) is 0 Å². The van der Waals surface area contributed by atoms with Crippen molar-refractivity contribution in [1.29, 1.82) is 0 Å². The standard InChI is InChI=1S/C17H19N3O/c1-2-12-3-5-13(6-4-12)19-15-9-10-16(18-11-15)17(21)20-14-7-8-14/h3-6,9-11,14,19H,2,7-8H2,1H3,(H,20,21). The highest BCUT2D eigenvalue weighted by Gasteiger charge is 2.24. The Labute approximate surface area is 124 Å². The second-order valence-corrected chi connectivity index (χ2v) is 5.36. The topological polar surface area (TPSA) is 54.0 Å². The molecule has 0 atom stereocenters. The van der Waals surface area contributed by atoms with Crippen LogP contribution in [-0.2, 0) is 6.42 Å². The van der Waals surface area contributed by atoms with Crippen LogP contribution >= 0.6 is 0 Å². The molecule has 4 heteroatoms. The Balaban J connectivity index is 1.64. The highest BCUT2D eigenvalue weighted by Crippen LogP contribution is 2.20. The van der Waals surface area contributed by atoms with Gasteiger partial charge in [-0.05, 0) is 49.1 Å². The Hall–Kier alpha value is -2.36. The summed E-state index contributed by atoms with van der Waals surface area (Å²) in [7, 11) is 0. The van der Waals surface area contributed by atoms with E-state index in [1.54, 1.807) is 12.3 Å². The van der Waals surface area contributed by atoms with E-state index < -0.39 is 0 Å². The van der Waals surface area contributed by atoms with E-state index in [2.05, 4.69) is 34.7 Å². The predicted molar refractivity (Wildman–Crippen MR) is 83.8 cm³/mol. The Morgan fingerprint density at radius 1 is 1.14 bits per heavy atom. The van der Waals surface area contributed by atoms with Crippen LogP contribution in [0.1, 0.15) is 35.8 Å². The van der Waals surface area contributed by atoms with Crippen molar-refractivity contribution >= 4 is 17.3 Å². The van der Waals surface area contributed by atoms with E-state index in [4.69, 9.17) is 0 Å². The van der Waals surface area contributed by atoms with Gasteiger partial charge in [0.1, 0.15) is 5.69 Å². The van der Waals surface area contributed by atoms with Gasteiger partial charge in [-0.15, -0.1) is 0 Å².